The highest BCUT2D eigenvalue weighted by molar-refractivity contribution is 6.15. The van der Waals surface area contributed by atoms with Gasteiger partial charge in [-0.15, -0.1) is 0 Å². The van der Waals surface area contributed by atoms with Gasteiger partial charge in [0.2, 0.25) is 35.4 Å². The molecular weight excluding hydrogens is 1120 g/mol. The number of carboxylic acids is 2. The molecule has 85 heavy (non-hydrogen) atoms. The molecule has 5 heterocycles. The second-order valence-corrected chi connectivity index (χ2v) is 21.2. The van der Waals surface area contributed by atoms with Gasteiger partial charge in [0.1, 0.15) is 43.4 Å². The van der Waals surface area contributed by atoms with Crippen LogP contribution in [-0.4, -0.2) is 152 Å². The lowest BCUT2D eigenvalue weighted by molar-refractivity contribution is -0.172. The molecule has 28 heteroatoms. The number of amides is 8. The lowest BCUT2D eigenvalue weighted by Crippen LogP contribution is -2.57. The first-order valence-corrected chi connectivity index (χ1v) is 27.5. The van der Waals surface area contributed by atoms with E-state index in [1.54, 1.807) is 50.2 Å². The average Bonchev–Trinajstić information content (AvgIpc) is 1.79. The Labute approximate surface area is 482 Å². The van der Waals surface area contributed by atoms with Crippen LogP contribution in [0.4, 0.5) is 4.39 Å². The smallest absolute Gasteiger partial charge is 0.343 e. The fourth-order valence-electron chi connectivity index (χ4n) is 11.0. The maximum absolute atomic E-state index is 15.5. The van der Waals surface area contributed by atoms with Crippen molar-refractivity contribution >= 4 is 76.1 Å². The molecule has 6 atom stereocenters. The molecule has 2 aromatic carbocycles. The van der Waals surface area contributed by atoms with E-state index in [2.05, 4.69) is 37.2 Å². The Morgan fingerprint density at radius 1 is 0.835 bits per heavy atom. The Hall–Kier alpha value is -9.28. The second-order valence-electron chi connectivity index (χ2n) is 21.2. The fourth-order valence-corrected chi connectivity index (χ4v) is 11.0. The SMILES string of the molecule is CC[C@@]1(O)C(=O)OCc2c1cc1n(c2=O)Cc2c-1nc1cc(F)c(C)c3c1c2[C@@H](NC(=O)[C@H](OCNC(=O)CNC(=O)[C@H](Cc1ccccc1)NC(=O)CNC(=O)CNC(=O)C(CNC(CCC(=O)O)C(=O)O)N1C(=O)C=CC1=O)C1CC1)CC3. The number of hydrogen-bond acceptors (Lipinski definition) is 17. The predicted molar refractivity (Wildman–Crippen MR) is 291 cm³/mol. The number of benzene rings is 2. The molecule has 448 valence electrons. The molecule has 5 aliphatic rings. The van der Waals surface area contributed by atoms with Crippen LogP contribution < -0.4 is 42.8 Å². The number of halogens is 1. The third kappa shape index (κ3) is 12.9. The third-order valence-electron chi connectivity index (χ3n) is 15.7. The van der Waals surface area contributed by atoms with Crippen molar-refractivity contribution in [3.8, 4) is 11.4 Å². The molecule has 0 radical (unpaired) electrons. The molecule has 2 aromatic heterocycles. The predicted octanol–water partition coefficient (Wildman–Crippen LogP) is -1.22. The van der Waals surface area contributed by atoms with Crippen LogP contribution in [0.2, 0.25) is 0 Å². The monoisotopic (exact) mass is 1180 g/mol. The quantitative estimate of drug-likeness (QED) is 0.0176. The van der Waals surface area contributed by atoms with E-state index in [1.807, 2.05) is 0 Å². The van der Waals surface area contributed by atoms with E-state index < -0.39 is 158 Å². The number of fused-ring (bicyclic) bond motifs is 5. The van der Waals surface area contributed by atoms with Gasteiger partial charge in [0.15, 0.2) is 5.60 Å². The van der Waals surface area contributed by atoms with Crippen molar-refractivity contribution in [2.45, 2.75) is 114 Å². The minimum absolute atomic E-state index is 0.0285. The number of imide groups is 1. The number of nitrogens with zero attached hydrogens (tertiary/aromatic N) is 3. The van der Waals surface area contributed by atoms with Crippen LogP contribution >= 0.6 is 0 Å². The molecule has 2 unspecified atom stereocenters. The number of carbonyl (C=O) groups excluding carboxylic acids is 9. The zero-order valence-corrected chi connectivity index (χ0v) is 46.0. The number of ether oxygens (including phenoxy) is 2. The highest BCUT2D eigenvalue weighted by Gasteiger charge is 2.47. The van der Waals surface area contributed by atoms with Crippen LogP contribution in [-0.2, 0) is 93.8 Å². The molecule has 2 aliphatic carbocycles. The summed E-state index contributed by atoms with van der Waals surface area (Å²) >= 11 is 0. The zero-order valence-electron chi connectivity index (χ0n) is 46.0. The van der Waals surface area contributed by atoms with E-state index in [4.69, 9.17) is 19.6 Å². The number of aromatic nitrogens is 2. The summed E-state index contributed by atoms with van der Waals surface area (Å²) in [6.45, 7) is -0.229. The Bertz CT molecular complexity index is 3530. The lowest BCUT2D eigenvalue weighted by Gasteiger charge is -2.31. The van der Waals surface area contributed by atoms with Gasteiger partial charge in [-0.3, -0.25) is 57.6 Å². The van der Waals surface area contributed by atoms with Crippen molar-refractivity contribution in [2.24, 2.45) is 5.92 Å². The number of pyridine rings is 2. The summed E-state index contributed by atoms with van der Waals surface area (Å²) in [6, 6.07) is 6.26. The van der Waals surface area contributed by atoms with Gasteiger partial charge in [-0.05, 0) is 79.7 Å². The van der Waals surface area contributed by atoms with Crippen molar-refractivity contribution in [3.63, 3.8) is 0 Å². The van der Waals surface area contributed by atoms with E-state index in [-0.39, 0.29) is 43.0 Å². The molecule has 1 saturated carbocycles. The van der Waals surface area contributed by atoms with Crippen molar-refractivity contribution in [1.29, 1.82) is 0 Å². The molecule has 10 N–H and O–H groups in total. The number of esters is 1. The van der Waals surface area contributed by atoms with Gasteiger partial charge in [-0.1, -0.05) is 37.3 Å². The number of aliphatic carboxylic acids is 2. The van der Waals surface area contributed by atoms with E-state index in [9.17, 15) is 67.7 Å². The maximum Gasteiger partial charge on any atom is 0.343 e. The zero-order chi connectivity index (χ0) is 61.0. The van der Waals surface area contributed by atoms with Crippen LogP contribution in [0.1, 0.15) is 90.4 Å². The maximum atomic E-state index is 15.5. The van der Waals surface area contributed by atoms with Gasteiger partial charge in [0, 0.05) is 54.1 Å². The number of aliphatic hydroxyl groups is 1. The van der Waals surface area contributed by atoms with Crippen molar-refractivity contribution < 1.29 is 81.9 Å². The number of aryl methyl sites for hydroxylation is 1. The minimum Gasteiger partial charge on any atom is -0.481 e. The molecule has 4 aromatic rings. The average molecular weight is 1180 g/mol. The Balaban J connectivity index is 0.795. The number of hydrogen-bond donors (Lipinski definition) is 10. The van der Waals surface area contributed by atoms with Crippen LogP contribution in [0, 0.1) is 18.7 Å². The molecule has 3 aliphatic heterocycles. The molecule has 27 nitrogen and oxygen atoms in total. The van der Waals surface area contributed by atoms with Gasteiger partial charge in [-0.25, -0.2) is 14.2 Å². The first-order chi connectivity index (χ1) is 40.6. The molecule has 0 spiro atoms. The van der Waals surface area contributed by atoms with Gasteiger partial charge in [-0.2, -0.15) is 0 Å². The van der Waals surface area contributed by atoms with Gasteiger partial charge in [0.25, 0.3) is 17.4 Å². The van der Waals surface area contributed by atoms with Gasteiger partial charge >= 0.3 is 17.9 Å². The summed E-state index contributed by atoms with van der Waals surface area (Å²) in [5, 5.41) is 48.2. The van der Waals surface area contributed by atoms with E-state index in [1.165, 1.54) is 10.6 Å². The lowest BCUT2D eigenvalue weighted by atomic mass is 9.81. The van der Waals surface area contributed by atoms with Gasteiger partial charge < -0.3 is 66.6 Å². The topological polar surface area (TPSA) is 389 Å². The van der Waals surface area contributed by atoms with E-state index in [0.717, 1.165) is 12.2 Å². The number of cyclic esters (lactones) is 1. The van der Waals surface area contributed by atoms with Crippen LogP contribution in [0.25, 0.3) is 22.3 Å². The largest absolute Gasteiger partial charge is 0.481 e. The standard InChI is InChI=1S/C57H61FN10O17/c1-3-57(83)33-18-39-49-31(24-67(39)54(79)32(33)25-84-56(57)82)48-35(12-11-30-27(2)34(58)19-37(65-49)47(30)48)66-53(78)50(29-9-10-29)85-26-63-42(70)22-61-51(76)38(17-28-7-5-4-6-8-28)64-43(71)23-60-41(69)21-62-52(77)40(68-44(72)14-15-45(68)73)20-59-36(55(80)81)13-16-46(74)75/h4-8,14-15,18-19,29,35-36,38,40,50,59,83H,3,9-13,16-17,20-26H2,1-2H3,(H,60,69)(H,61,76)(H,62,77)(H,63,70)(H,64,71)(H,66,78)(H,74,75)(H,80,81)/t35-,36?,38-,40?,50+,57-/m0/s1. The Morgan fingerprint density at radius 3 is 2.19 bits per heavy atom. The first kappa shape index (κ1) is 60.3. The summed E-state index contributed by atoms with van der Waals surface area (Å²) in [5.41, 5.74) is 1.60. The minimum atomic E-state index is -2.08. The summed E-state index contributed by atoms with van der Waals surface area (Å²) in [7, 11) is 0. The first-order valence-electron chi connectivity index (χ1n) is 27.5. The van der Waals surface area contributed by atoms with E-state index in [0.29, 0.717) is 80.7 Å². The molecule has 9 rings (SSSR count). The summed E-state index contributed by atoms with van der Waals surface area (Å²) in [5.74, 6) is -11.0. The Morgan fingerprint density at radius 2 is 1.52 bits per heavy atom. The second kappa shape index (κ2) is 25.3. The van der Waals surface area contributed by atoms with Crippen LogP contribution in [0.15, 0.2) is 59.4 Å². The number of carbonyl (C=O) groups is 11. The molecular formula is C57H61FN10O17. The molecule has 0 bridgehead atoms. The highest BCUT2D eigenvalue weighted by atomic mass is 19.1. The molecule has 8 amide bonds. The summed E-state index contributed by atoms with van der Waals surface area (Å²) < 4.78 is 28.3. The van der Waals surface area contributed by atoms with E-state index >= 15 is 4.39 Å². The van der Waals surface area contributed by atoms with Crippen LogP contribution in [0.5, 0.6) is 0 Å². The van der Waals surface area contributed by atoms with Crippen LogP contribution in [0.3, 0.4) is 0 Å². The number of carboxylic acid groups (broad SMARTS) is 2. The number of nitrogens with one attached hydrogen (secondary N) is 7. The summed E-state index contributed by atoms with van der Waals surface area (Å²) in [6.07, 6.45) is 1.67. The fraction of sp³-hybridized carbons (Fsp3) is 0.421. The highest BCUT2D eigenvalue weighted by Crippen LogP contribution is 2.46. The normalized spacial score (nSPS) is 18.7. The van der Waals surface area contributed by atoms with Crippen molar-refractivity contribution in [1.82, 2.24) is 51.7 Å². The number of rotatable bonds is 26. The van der Waals surface area contributed by atoms with Gasteiger partial charge in [0.05, 0.1) is 54.7 Å². The van der Waals surface area contributed by atoms with Crippen molar-refractivity contribution in [2.75, 3.05) is 32.9 Å². The summed E-state index contributed by atoms with van der Waals surface area (Å²) in [4.78, 5) is 160. The van der Waals surface area contributed by atoms with Crippen molar-refractivity contribution in [3.05, 3.63) is 110 Å². The Kier molecular flexibility index (Phi) is 17.9. The third-order valence-corrected chi connectivity index (χ3v) is 15.7. The molecule has 1 fully saturated rings. The molecule has 0 saturated heterocycles.